The molecule has 2 aromatic rings. The van der Waals surface area contributed by atoms with Crippen LogP contribution < -0.4 is 0 Å². The molecule has 1 fully saturated rings. The molecule has 0 bridgehead atoms. The molecule has 0 aliphatic heterocycles. The first kappa shape index (κ1) is 10.6. The SMILES string of the molecule is FC(F)(F)C1CC1c1ccc2ccccc2c1. The Morgan fingerprint density at radius 1 is 0.941 bits per heavy atom. The maximum Gasteiger partial charge on any atom is 0.392 e. The van der Waals surface area contributed by atoms with Gasteiger partial charge in [-0.2, -0.15) is 13.2 Å². The first-order valence-corrected chi connectivity index (χ1v) is 5.61. The van der Waals surface area contributed by atoms with Gasteiger partial charge in [0.15, 0.2) is 0 Å². The lowest BCUT2D eigenvalue weighted by Crippen LogP contribution is -2.11. The predicted molar refractivity (Wildman–Crippen MR) is 60.9 cm³/mol. The molecule has 1 aliphatic carbocycles. The number of hydrogen-bond donors (Lipinski definition) is 0. The number of rotatable bonds is 1. The van der Waals surface area contributed by atoms with Crippen LogP contribution >= 0.6 is 0 Å². The number of benzene rings is 2. The molecule has 3 rings (SSSR count). The molecule has 0 saturated heterocycles. The molecule has 0 nitrogen and oxygen atoms in total. The molecule has 0 aromatic heterocycles. The molecule has 0 heterocycles. The average Bonchev–Trinajstić information content (AvgIpc) is 3.08. The van der Waals surface area contributed by atoms with Crippen molar-refractivity contribution >= 4 is 10.8 Å². The van der Waals surface area contributed by atoms with Crippen LogP contribution in [0, 0.1) is 5.92 Å². The van der Waals surface area contributed by atoms with Gasteiger partial charge in [-0.3, -0.25) is 0 Å². The van der Waals surface area contributed by atoms with Gasteiger partial charge in [-0.1, -0.05) is 42.5 Å². The number of alkyl halides is 3. The summed E-state index contributed by atoms with van der Waals surface area (Å²) in [5.74, 6) is -1.47. The Bertz CT molecular complexity index is 557. The number of fused-ring (bicyclic) bond motifs is 1. The molecule has 2 atom stereocenters. The van der Waals surface area contributed by atoms with Crippen LogP contribution in [0.5, 0.6) is 0 Å². The average molecular weight is 236 g/mol. The van der Waals surface area contributed by atoms with E-state index < -0.39 is 12.1 Å². The summed E-state index contributed by atoms with van der Waals surface area (Å²) in [5, 5.41) is 2.08. The van der Waals surface area contributed by atoms with Crippen LogP contribution in [-0.4, -0.2) is 6.18 Å². The number of hydrogen-bond acceptors (Lipinski definition) is 0. The molecule has 0 radical (unpaired) electrons. The summed E-state index contributed by atoms with van der Waals surface area (Å²) in [6.07, 6.45) is -3.81. The van der Waals surface area contributed by atoms with E-state index in [2.05, 4.69) is 0 Å². The minimum atomic E-state index is -4.05. The summed E-state index contributed by atoms with van der Waals surface area (Å²) in [4.78, 5) is 0. The molecule has 3 heteroatoms. The van der Waals surface area contributed by atoms with Crippen molar-refractivity contribution in [2.75, 3.05) is 0 Å². The lowest BCUT2D eigenvalue weighted by Gasteiger charge is -2.06. The van der Waals surface area contributed by atoms with E-state index in [1.807, 2.05) is 42.5 Å². The van der Waals surface area contributed by atoms with Crippen molar-refractivity contribution < 1.29 is 13.2 Å². The zero-order valence-electron chi connectivity index (χ0n) is 9.04. The van der Waals surface area contributed by atoms with E-state index in [4.69, 9.17) is 0 Å². The summed E-state index contributed by atoms with van der Waals surface area (Å²) < 4.78 is 37.5. The quantitative estimate of drug-likeness (QED) is 0.683. The van der Waals surface area contributed by atoms with Crippen LogP contribution in [0.2, 0.25) is 0 Å². The smallest absolute Gasteiger partial charge is 0.171 e. The normalized spacial score (nSPS) is 23.9. The van der Waals surface area contributed by atoms with Crippen LogP contribution in [0.25, 0.3) is 10.8 Å². The molecule has 2 unspecified atom stereocenters. The zero-order valence-corrected chi connectivity index (χ0v) is 9.04. The Balaban J connectivity index is 1.93. The summed E-state index contributed by atoms with van der Waals surface area (Å²) in [6, 6.07) is 13.3. The zero-order chi connectivity index (χ0) is 12.0. The van der Waals surface area contributed by atoms with Crippen molar-refractivity contribution in [2.24, 2.45) is 5.92 Å². The highest BCUT2D eigenvalue weighted by molar-refractivity contribution is 5.83. The van der Waals surface area contributed by atoms with Crippen molar-refractivity contribution in [2.45, 2.75) is 18.5 Å². The highest BCUT2D eigenvalue weighted by atomic mass is 19.4. The van der Waals surface area contributed by atoms with E-state index in [0.717, 1.165) is 16.3 Å². The van der Waals surface area contributed by atoms with Gasteiger partial charge in [-0.05, 0) is 28.7 Å². The highest BCUT2D eigenvalue weighted by Crippen LogP contribution is 2.56. The second kappa shape index (κ2) is 3.49. The van der Waals surface area contributed by atoms with Gasteiger partial charge >= 0.3 is 6.18 Å². The standard InChI is InChI=1S/C14H11F3/c15-14(16,17)13-8-12(13)11-6-5-9-3-1-2-4-10(9)7-11/h1-7,12-13H,8H2. The van der Waals surface area contributed by atoms with Crippen molar-refractivity contribution in [1.29, 1.82) is 0 Å². The lowest BCUT2D eigenvalue weighted by atomic mass is 10.0. The van der Waals surface area contributed by atoms with Crippen LogP contribution in [0.3, 0.4) is 0 Å². The monoisotopic (exact) mass is 236 g/mol. The van der Waals surface area contributed by atoms with E-state index in [1.54, 1.807) is 0 Å². The van der Waals surface area contributed by atoms with Crippen molar-refractivity contribution in [3.05, 3.63) is 48.0 Å². The highest BCUT2D eigenvalue weighted by Gasteiger charge is 2.56. The molecule has 0 N–H and O–H groups in total. The van der Waals surface area contributed by atoms with Gasteiger partial charge in [0.05, 0.1) is 5.92 Å². The molecular weight excluding hydrogens is 225 g/mol. The Labute approximate surface area is 97.1 Å². The molecular formula is C14H11F3. The molecule has 1 saturated carbocycles. The first-order chi connectivity index (χ1) is 8.05. The summed E-state index contributed by atoms with van der Waals surface area (Å²) in [6.45, 7) is 0. The van der Waals surface area contributed by atoms with Gasteiger partial charge in [0.25, 0.3) is 0 Å². The minimum Gasteiger partial charge on any atom is -0.171 e. The fourth-order valence-electron chi connectivity index (χ4n) is 2.36. The van der Waals surface area contributed by atoms with E-state index in [9.17, 15) is 13.2 Å². The topological polar surface area (TPSA) is 0 Å². The third-order valence-electron chi connectivity index (χ3n) is 3.41. The summed E-state index contributed by atoms with van der Waals surface area (Å²) in [7, 11) is 0. The summed E-state index contributed by atoms with van der Waals surface area (Å²) in [5.41, 5.74) is 0.811. The first-order valence-electron chi connectivity index (χ1n) is 5.61. The molecule has 88 valence electrons. The second-order valence-electron chi connectivity index (χ2n) is 4.60. The van der Waals surface area contributed by atoms with E-state index in [1.165, 1.54) is 0 Å². The van der Waals surface area contributed by atoms with Crippen LogP contribution in [0.1, 0.15) is 17.9 Å². The van der Waals surface area contributed by atoms with Gasteiger partial charge in [0.1, 0.15) is 0 Å². The third kappa shape index (κ3) is 1.90. The molecule has 2 aromatic carbocycles. The van der Waals surface area contributed by atoms with Crippen molar-refractivity contribution in [1.82, 2.24) is 0 Å². The van der Waals surface area contributed by atoms with Crippen LogP contribution in [0.4, 0.5) is 13.2 Å². The van der Waals surface area contributed by atoms with Gasteiger partial charge in [0, 0.05) is 0 Å². The second-order valence-corrected chi connectivity index (χ2v) is 4.60. The fourth-order valence-corrected chi connectivity index (χ4v) is 2.36. The predicted octanol–water partition coefficient (Wildman–Crippen LogP) is 4.51. The third-order valence-corrected chi connectivity index (χ3v) is 3.41. The van der Waals surface area contributed by atoms with Crippen molar-refractivity contribution in [3.8, 4) is 0 Å². The minimum absolute atomic E-state index is 0.238. The van der Waals surface area contributed by atoms with Crippen LogP contribution in [-0.2, 0) is 0 Å². The summed E-state index contributed by atoms with van der Waals surface area (Å²) >= 11 is 0. The lowest BCUT2D eigenvalue weighted by molar-refractivity contribution is -0.148. The molecule has 17 heavy (non-hydrogen) atoms. The Hall–Kier alpha value is -1.51. The van der Waals surface area contributed by atoms with Gasteiger partial charge < -0.3 is 0 Å². The van der Waals surface area contributed by atoms with E-state index in [-0.39, 0.29) is 12.3 Å². The molecule has 0 amide bonds. The Morgan fingerprint density at radius 3 is 2.29 bits per heavy atom. The van der Waals surface area contributed by atoms with E-state index in [0.29, 0.717) is 0 Å². The van der Waals surface area contributed by atoms with Crippen LogP contribution in [0.15, 0.2) is 42.5 Å². The molecule has 1 aliphatic rings. The van der Waals surface area contributed by atoms with Crippen molar-refractivity contribution in [3.63, 3.8) is 0 Å². The molecule has 0 spiro atoms. The maximum atomic E-state index is 12.5. The number of halogens is 3. The maximum absolute atomic E-state index is 12.5. The van der Waals surface area contributed by atoms with Gasteiger partial charge in [-0.25, -0.2) is 0 Å². The van der Waals surface area contributed by atoms with Gasteiger partial charge in [0.2, 0.25) is 0 Å². The Kier molecular flexibility index (Phi) is 2.18. The largest absolute Gasteiger partial charge is 0.392 e. The Morgan fingerprint density at radius 2 is 1.65 bits per heavy atom. The van der Waals surface area contributed by atoms with Gasteiger partial charge in [-0.15, -0.1) is 0 Å². The fraction of sp³-hybridized carbons (Fsp3) is 0.286. The van der Waals surface area contributed by atoms with E-state index >= 15 is 0 Å².